The Bertz CT molecular complexity index is 10900. The predicted molar refractivity (Wildman–Crippen MR) is 614 cm³/mol. The van der Waals surface area contributed by atoms with E-state index in [1.807, 2.05) is 36.4 Å². The number of para-hydroxylation sites is 13. The van der Waals surface area contributed by atoms with Crippen LogP contribution in [0.15, 0.2) is 535 Å². The van der Waals surface area contributed by atoms with Gasteiger partial charge in [-0.05, 0) is 203 Å². The second-order valence-corrected chi connectivity index (χ2v) is 38.4. The van der Waals surface area contributed by atoms with E-state index in [2.05, 4.69) is 513 Å². The number of fused-ring (bicyclic) bond motifs is 27. The second kappa shape index (κ2) is 33.5. The summed E-state index contributed by atoms with van der Waals surface area (Å²) >= 11 is 0. The van der Waals surface area contributed by atoms with E-state index in [1.165, 1.54) is 153 Å². The zero-order valence-electron chi connectivity index (χ0n) is 79.6. The first kappa shape index (κ1) is 83.1. The smallest absolute Gasteiger partial charge is 0.143 e. The molecule has 0 spiro atoms. The largest absolute Gasteiger partial charge is 0.455 e. The summed E-state index contributed by atoms with van der Waals surface area (Å²) in [7, 11) is 0. The van der Waals surface area contributed by atoms with Crippen LogP contribution < -0.4 is 0 Å². The van der Waals surface area contributed by atoms with Gasteiger partial charge in [0.1, 0.15) is 33.5 Å². The number of hydrogen-bond acceptors (Lipinski definition) is 3. The molecule has 147 heavy (non-hydrogen) atoms. The number of aromatic nitrogens is 6. The van der Waals surface area contributed by atoms with Gasteiger partial charge >= 0.3 is 0 Å². The van der Waals surface area contributed by atoms with Gasteiger partial charge in [-0.15, -0.1) is 0 Å². The van der Waals surface area contributed by atoms with Crippen LogP contribution in [0.25, 0.3) is 286 Å². The molecule has 32 aromatic rings. The predicted octanol–water partition coefficient (Wildman–Crippen LogP) is 37.7. The zero-order valence-corrected chi connectivity index (χ0v) is 79.6. The van der Waals surface area contributed by atoms with Gasteiger partial charge in [0.2, 0.25) is 0 Å². The molecule has 0 aliphatic rings. The highest BCUT2D eigenvalue weighted by Crippen LogP contribution is 2.48. The summed E-state index contributed by atoms with van der Waals surface area (Å²) in [5, 5.41) is 21.9. The molecular weight excluding hydrogens is 1790 g/mol. The van der Waals surface area contributed by atoms with E-state index in [0.29, 0.717) is 0 Å². The maximum Gasteiger partial charge on any atom is 0.143 e. The maximum absolute atomic E-state index is 6.39. The number of hydrogen-bond donors (Lipinski definition) is 0. The average molecular weight is 1880 g/mol. The molecule has 0 aliphatic heterocycles. The Balaban J connectivity index is 0.000000102. The maximum atomic E-state index is 6.39. The van der Waals surface area contributed by atoms with Crippen LogP contribution in [0.4, 0.5) is 0 Å². The van der Waals surface area contributed by atoms with Crippen LogP contribution in [-0.4, -0.2) is 27.4 Å². The van der Waals surface area contributed by atoms with Gasteiger partial charge in [-0.25, -0.2) is 0 Å². The normalized spacial score (nSPS) is 11.9. The van der Waals surface area contributed by atoms with Crippen LogP contribution in [0.1, 0.15) is 0 Å². The molecule has 9 heteroatoms. The van der Waals surface area contributed by atoms with E-state index < -0.39 is 0 Å². The number of furan rings is 3. The molecule has 9 heterocycles. The molecule has 23 aromatic carbocycles. The standard InChI is InChI=1S/2C48H30N2O.C42H26N2O/c1-2-12-31(13-3-1)33-14-10-15-35(28-33)50-44-22-8-5-17-38(44)42-29-41-37-16-4-7-21-43(37)49(45(41)30-46(42)50)34-26-24-32(25-27-34)36-19-11-20-40-39-18-6-9-23-47(39)51-48(36)40;1-2-11-31(12-3-1)32-21-25-34(26-22-32)49-43-18-7-4-13-37(43)41-29-42-38-14-5-8-19-44(38)50(46(42)30-45(41)49)35-27-23-33(24-28-35)36-16-10-17-40-39-15-6-9-20-47(39)51-48(36)40;1-2-11-28(12-3-1)43-37-18-7-4-13-31(37)35-25-36-32-14-5-8-19-38(32)44(40(36)26-39(35)43)29-23-21-27(22-24-29)30-16-10-17-34-33-15-6-9-20-41(33)45-42(30)34/h2*1-30H;1-26H. The Labute approximate surface area is 842 Å². The third kappa shape index (κ3) is 13.3. The Morgan fingerprint density at radius 2 is 0.313 bits per heavy atom. The zero-order chi connectivity index (χ0) is 96.4. The highest BCUT2D eigenvalue weighted by atomic mass is 16.3. The fourth-order valence-corrected chi connectivity index (χ4v) is 23.7. The van der Waals surface area contributed by atoms with Crippen LogP contribution in [0.5, 0.6) is 0 Å². The second-order valence-electron chi connectivity index (χ2n) is 38.4. The fraction of sp³-hybridized carbons (Fsp3) is 0. The fourth-order valence-electron chi connectivity index (χ4n) is 23.7. The molecule has 0 radical (unpaired) electrons. The first-order valence-corrected chi connectivity index (χ1v) is 50.2. The molecule has 32 rings (SSSR count). The van der Waals surface area contributed by atoms with E-state index >= 15 is 0 Å². The minimum Gasteiger partial charge on any atom is -0.455 e. The van der Waals surface area contributed by atoms with Gasteiger partial charge in [-0.3, -0.25) is 0 Å². The van der Waals surface area contributed by atoms with Crippen molar-refractivity contribution >= 4 is 197 Å². The van der Waals surface area contributed by atoms with Crippen molar-refractivity contribution in [3.63, 3.8) is 0 Å². The van der Waals surface area contributed by atoms with Crippen LogP contribution >= 0.6 is 0 Å². The van der Waals surface area contributed by atoms with Gasteiger partial charge in [0.05, 0.1) is 66.2 Å². The molecular formula is C138H86N6O3. The van der Waals surface area contributed by atoms with Crippen LogP contribution in [0.2, 0.25) is 0 Å². The van der Waals surface area contributed by atoms with Gasteiger partial charge in [-0.1, -0.05) is 358 Å². The topological polar surface area (TPSA) is 69.0 Å². The quantitative estimate of drug-likeness (QED) is 0.130. The first-order valence-electron chi connectivity index (χ1n) is 50.2. The monoisotopic (exact) mass is 1870 g/mol. The molecule has 0 unspecified atom stereocenters. The van der Waals surface area contributed by atoms with Gasteiger partial charge < -0.3 is 40.7 Å². The summed E-state index contributed by atoms with van der Waals surface area (Å²) in [6.07, 6.45) is 0. The molecule has 686 valence electrons. The summed E-state index contributed by atoms with van der Waals surface area (Å²) in [5.41, 5.74) is 38.2. The molecule has 9 nitrogen and oxygen atoms in total. The molecule has 0 N–H and O–H groups in total. The lowest BCUT2D eigenvalue weighted by Gasteiger charge is -2.12. The van der Waals surface area contributed by atoms with Crippen molar-refractivity contribution in [3.05, 3.63) is 522 Å². The molecule has 0 amide bonds. The summed E-state index contributed by atoms with van der Waals surface area (Å²) < 4.78 is 33.6. The van der Waals surface area contributed by atoms with E-state index in [0.717, 1.165) is 133 Å². The average Bonchev–Trinajstić information content (AvgIpc) is 1.56. The van der Waals surface area contributed by atoms with Crippen LogP contribution in [0.3, 0.4) is 0 Å². The Kier molecular flexibility index (Phi) is 18.9. The van der Waals surface area contributed by atoms with Crippen LogP contribution in [0, 0.1) is 0 Å². The van der Waals surface area contributed by atoms with E-state index in [9.17, 15) is 0 Å². The van der Waals surface area contributed by atoms with E-state index in [-0.39, 0.29) is 0 Å². The summed E-state index contributed by atoms with van der Waals surface area (Å²) in [6, 6.07) is 187. The molecule has 0 bridgehead atoms. The number of benzene rings is 23. The lowest BCUT2D eigenvalue weighted by atomic mass is 10.0. The third-order valence-electron chi connectivity index (χ3n) is 30.4. The summed E-state index contributed by atoms with van der Waals surface area (Å²) in [6.45, 7) is 0. The molecule has 0 aliphatic carbocycles. The number of nitrogens with zero attached hydrogens (tertiary/aromatic N) is 6. The lowest BCUT2D eigenvalue weighted by molar-refractivity contribution is 0.669. The summed E-state index contributed by atoms with van der Waals surface area (Å²) in [5.74, 6) is 0. The van der Waals surface area contributed by atoms with Crippen LogP contribution in [-0.2, 0) is 0 Å². The van der Waals surface area contributed by atoms with E-state index in [1.54, 1.807) is 0 Å². The highest BCUT2D eigenvalue weighted by molar-refractivity contribution is 6.24. The minimum absolute atomic E-state index is 0.914. The molecule has 0 fully saturated rings. The number of rotatable bonds is 11. The molecule has 0 saturated heterocycles. The Morgan fingerprint density at radius 3 is 0.612 bits per heavy atom. The Morgan fingerprint density at radius 1 is 0.109 bits per heavy atom. The highest BCUT2D eigenvalue weighted by Gasteiger charge is 2.26. The minimum atomic E-state index is 0.914. The van der Waals surface area contributed by atoms with Crippen molar-refractivity contribution in [2.24, 2.45) is 0 Å². The summed E-state index contributed by atoms with van der Waals surface area (Å²) in [4.78, 5) is 0. The van der Waals surface area contributed by atoms with E-state index in [4.69, 9.17) is 13.3 Å². The molecule has 0 atom stereocenters. The van der Waals surface area contributed by atoms with Crippen molar-refractivity contribution in [2.45, 2.75) is 0 Å². The van der Waals surface area contributed by atoms with Gasteiger partial charge in [0, 0.05) is 148 Å². The lowest BCUT2D eigenvalue weighted by Crippen LogP contribution is -1.96. The van der Waals surface area contributed by atoms with Gasteiger partial charge in [0.25, 0.3) is 0 Å². The molecule has 0 saturated carbocycles. The van der Waals surface area contributed by atoms with Crippen molar-refractivity contribution < 1.29 is 13.3 Å². The third-order valence-corrected chi connectivity index (χ3v) is 30.4. The van der Waals surface area contributed by atoms with Crippen molar-refractivity contribution in [1.29, 1.82) is 0 Å². The van der Waals surface area contributed by atoms with Gasteiger partial charge in [-0.2, -0.15) is 0 Å². The first-order chi connectivity index (χ1) is 72.9. The molecule has 9 aromatic heterocycles. The van der Waals surface area contributed by atoms with Crippen molar-refractivity contribution in [2.75, 3.05) is 0 Å². The SMILES string of the molecule is c1ccc(-c2ccc(-n3c4ccccc4c4cc5c6ccccc6n(-c6ccc(-c7cccc8c7oc7ccccc78)cc6)c5cc43)cc2)cc1.c1ccc(-c2cccc(-n3c4ccccc4c4cc5c6ccccc6n(-c6ccc(-c7cccc8c7oc7ccccc78)cc6)c5cc43)c2)cc1.c1ccc(-n2c3ccccc3c3cc4c5ccccc5n(-c5ccc(-c6cccc7c6oc6ccccc67)cc5)c4cc32)cc1. The van der Waals surface area contributed by atoms with Crippen molar-refractivity contribution in [1.82, 2.24) is 27.4 Å². The van der Waals surface area contributed by atoms with Crippen molar-refractivity contribution in [3.8, 4) is 89.8 Å². The Hall–Kier alpha value is -19.7. The van der Waals surface area contributed by atoms with Gasteiger partial charge in [0.15, 0.2) is 0 Å².